The Morgan fingerprint density at radius 1 is 0.333 bits per heavy atom. The first-order chi connectivity index (χ1) is 31.2. The number of benzene rings is 11. The average Bonchev–Trinajstić information content (AvgIpc) is 3.91. The fourth-order valence-electron chi connectivity index (χ4n) is 9.96. The molecule has 294 valence electrons. The van der Waals surface area contributed by atoms with Crippen LogP contribution in [0.5, 0.6) is 0 Å². The highest BCUT2D eigenvalue weighted by Gasteiger charge is 2.21. The Morgan fingerprint density at radius 2 is 0.873 bits per heavy atom. The number of anilines is 3. The van der Waals surface area contributed by atoms with E-state index in [-0.39, 0.29) is 0 Å². The summed E-state index contributed by atoms with van der Waals surface area (Å²) in [6.07, 6.45) is 0. The van der Waals surface area contributed by atoms with Crippen LogP contribution in [0.25, 0.3) is 104 Å². The molecule has 0 spiro atoms. The minimum Gasteiger partial charge on any atom is -0.456 e. The van der Waals surface area contributed by atoms with Crippen LogP contribution in [0.4, 0.5) is 17.1 Å². The maximum Gasteiger partial charge on any atom is 0.137 e. The summed E-state index contributed by atoms with van der Waals surface area (Å²) >= 11 is 0. The van der Waals surface area contributed by atoms with Crippen molar-refractivity contribution < 1.29 is 4.42 Å². The van der Waals surface area contributed by atoms with Gasteiger partial charge in [0.2, 0.25) is 0 Å². The quantitative estimate of drug-likeness (QED) is 0.156. The Bertz CT molecular complexity index is 3900. The number of nitrogens with zero attached hydrogens (tertiary/aromatic N) is 2. The van der Waals surface area contributed by atoms with Gasteiger partial charge in [-0.25, -0.2) is 0 Å². The first kappa shape index (κ1) is 35.4. The lowest BCUT2D eigenvalue weighted by Gasteiger charge is -2.26. The Hall–Kier alpha value is -8.40. The van der Waals surface area contributed by atoms with Crippen LogP contribution >= 0.6 is 0 Å². The molecule has 2 heterocycles. The van der Waals surface area contributed by atoms with Crippen LogP contribution in [-0.4, -0.2) is 4.57 Å². The highest BCUT2D eigenvalue weighted by atomic mass is 16.3. The molecule has 0 N–H and O–H groups in total. The second-order valence-corrected chi connectivity index (χ2v) is 16.5. The molecule has 0 unspecified atom stereocenters. The summed E-state index contributed by atoms with van der Waals surface area (Å²) in [6.45, 7) is 0. The third-order valence-corrected chi connectivity index (χ3v) is 13.0. The van der Waals surface area contributed by atoms with E-state index in [2.05, 4.69) is 234 Å². The first-order valence-electron chi connectivity index (χ1n) is 21.6. The zero-order valence-corrected chi connectivity index (χ0v) is 34.2. The maximum absolute atomic E-state index is 6.43. The summed E-state index contributed by atoms with van der Waals surface area (Å²) < 4.78 is 8.86. The van der Waals surface area contributed by atoms with Crippen LogP contribution in [0.2, 0.25) is 0 Å². The van der Waals surface area contributed by atoms with Crippen molar-refractivity contribution in [3.8, 4) is 27.9 Å². The molecule has 3 nitrogen and oxygen atoms in total. The van der Waals surface area contributed by atoms with Gasteiger partial charge in [0.25, 0.3) is 0 Å². The van der Waals surface area contributed by atoms with Crippen LogP contribution in [0.1, 0.15) is 0 Å². The Balaban J connectivity index is 0.943. The Kier molecular flexibility index (Phi) is 7.91. The third-order valence-electron chi connectivity index (χ3n) is 13.0. The molecule has 0 saturated carbocycles. The van der Waals surface area contributed by atoms with Crippen LogP contribution in [0, 0.1) is 0 Å². The van der Waals surface area contributed by atoms with Gasteiger partial charge in [0.05, 0.1) is 22.1 Å². The van der Waals surface area contributed by atoms with E-state index in [9.17, 15) is 0 Å². The third kappa shape index (κ3) is 5.67. The van der Waals surface area contributed by atoms with Crippen LogP contribution in [-0.2, 0) is 0 Å². The van der Waals surface area contributed by atoms with Gasteiger partial charge in [-0.1, -0.05) is 164 Å². The monoisotopic (exact) mass is 802 g/mol. The van der Waals surface area contributed by atoms with Crippen molar-refractivity contribution in [2.45, 2.75) is 0 Å². The number of rotatable bonds is 6. The molecule has 0 aliphatic rings. The summed E-state index contributed by atoms with van der Waals surface area (Å²) in [5, 5.41) is 12.2. The lowest BCUT2D eigenvalue weighted by molar-refractivity contribution is 0.669. The Labute approximate surface area is 363 Å². The molecule has 0 radical (unpaired) electrons. The van der Waals surface area contributed by atoms with Crippen LogP contribution < -0.4 is 4.90 Å². The van der Waals surface area contributed by atoms with E-state index in [0.29, 0.717) is 0 Å². The minimum absolute atomic E-state index is 0.866. The minimum atomic E-state index is 0.866. The SMILES string of the molecule is c1ccc(-n2c3cc(-c4ccc(N(c5ccc(-c6ccc7ccc8ccccc8c7c6)cc5)c5cccc6oc7ccccc7c56)cc4)ccc3c3ccc4ccccc4c32)cc1. The summed E-state index contributed by atoms with van der Waals surface area (Å²) in [5.74, 6) is 0. The lowest BCUT2D eigenvalue weighted by Crippen LogP contribution is -2.10. The molecule has 0 fully saturated rings. The second-order valence-electron chi connectivity index (χ2n) is 16.5. The maximum atomic E-state index is 6.43. The predicted molar refractivity (Wildman–Crippen MR) is 266 cm³/mol. The molecule has 0 aliphatic heterocycles. The van der Waals surface area contributed by atoms with Gasteiger partial charge < -0.3 is 13.9 Å². The molecule has 0 amide bonds. The molecule has 0 saturated heterocycles. The van der Waals surface area contributed by atoms with Gasteiger partial charge >= 0.3 is 0 Å². The lowest BCUT2D eigenvalue weighted by atomic mass is 9.97. The van der Waals surface area contributed by atoms with Crippen molar-refractivity contribution in [1.29, 1.82) is 0 Å². The molecule has 13 aromatic rings. The number of hydrogen-bond acceptors (Lipinski definition) is 2. The topological polar surface area (TPSA) is 21.3 Å². The Morgan fingerprint density at radius 3 is 1.63 bits per heavy atom. The van der Waals surface area contributed by atoms with Crippen LogP contribution in [0.3, 0.4) is 0 Å². The van der Waals surface area contributed by atoms with Gasteiger partial charge in [-0.2, -0.15) is 0 Å². The molecule has 0 aliphatic carbocycles. The van der Waals surface area contributed by atoms with Gasteiger partial charge in [-0.3, -0.25) is 0 Å². The van der Waals surface area contributed by atoms with Crippen LogP contribution in [0.15, 0.2) is 235 Å². The van der Waals surface area contributed by atoms with Gasteiger partial charge in [-0.15, -0.1) is 0 Å². The molecule has 13 rings (SSSR count). The van der Waals surface area contributed by atoms with Gasteiger partial charge in [0.1, 0.15) is 11.2 Å². The first-order valence-corrected chi connectivity index (χ1v) is 21.6. The van der Waals surface area contributed by atoms with Gasteiger partial charge in [0.15, 0.2) is 0 Å². The summed E-state index contributed by atoms with van der Waals surface area (Å²) in [5.41, 5.74) is 13.2. The van der Waals surface area contributed by atoms with Crippen molar-refractivity contribution in [1.82, 2.24) is 4.57 Å². The van der Waals surface area contributed by atoms with Crippen molar-refractivity contribution >= 4 is 93.1 Å². The standard InChI is InChI=1S/C60H38N2O/c1-2-13-46(14-3-1)62-56-38-45(30-35-51(56)52-36-29-42-12-5-7-16-50(42)60(52)62)40-27-33-48(34-28-40)61(55-18-10-20-58-59(55)53-17-8-9-19-57(53)63-58)47-31-25-39(26-32-47)44-24-23-43-22-21-41-11-4-6-15-49(41)54(43)37-44/h1-38H. The summed E-state index contributed by atoms with van der Waals surface area (Å²) in [6, 6.07) is 83.5. The number of fused-ring (bicyclic) bond motifs is 11. The fraction of sp³-hybridized carbons (Fsp3) is 0. The smallest absolute Gasteiger partial charge is 0.137 e. The van der Waals surface area contributed by atoms with E-state index in [0.717, 1.165) is 50.3 Å². The molecule has 0 atom stereocenters. The predicted octanol–water partition coefficient (Wildman–Crippen LogP) is 16.9. The number of aromatic nitrogens is 1. The average molecular weight is 803 g/mol. The highest BCUT2D eigenvalue weighted by Crippen LogP contribution is 2.44. The molecule has 2 aromatic heterocycles. The zero-order chi connectivity index (χ0) is 41.4. The van der Waals surface area contributed by atoms with Crippen molar-refractivity contribution in [2.24, 2.45) is 0 Å². The van der Waals surface area contributed by atoms with E-state index < -0.39 is 0 Å². The molecular weight excluding hydrogens is 765 g/mol. The number of hydrogen-bond donors (Lipinski definition) is 0. The molecule has 11 aromatic carbocycles. The van der Waals surface area contributed by atoms with E-state index in [1.807, 2.05) is 6.07 Å². The fourth-order valence-corrected chi connectivity index (χ4v) is 9.96. The zero-order valence-electron chi connectivity index (χ0n) is 34.2. The number of furan rings is 1. The van der Waals surface area contributed by atoms with Gasteiger partial charge in [0, 0.05) is 38.6 Å². The van der Waals surface area contributed by atoms with E-state index in [1.54, 1.807) is 0 Å². The van der Waals surface area contributed by atoms with E-state index >= 15 is 0 Å². The van der Waals surface area contributed by atoms with E-state index in [1.165, 1.54) is 70.8 Å². The molecule has 0 bridgehead atoms. The number of para-hydroxylation sites is 2. The van der Waals surface area contributed by atoms with Crippen molar-refractivity contribution in [3.63, 3.8) is 0 Å². The van der Waals surface area contributed by atoms with Crippen molar-refractivity contribution in [3.05, 3.63) is 231 Å². The van der Waals surface area contributed by atoms with E-state index in [4.69, 9.17) is 4.42 Å². The normalized spacial score (nSPS) is 11.8. The summed E-state index contributed by atoms with van der Waals surface area (Å²) in [4.78, 5) is 2.37. The molecule has 3 heteroatoms. The largest absolute Gasteiger partial charge is 0.456 e. The highest BCUT2D eigenvalue weighted by molar-refractivity contribution is 6.19. The summed E-state index contributed by atoms with van der Waals surface area (Å²) in [7, 11) is 0. The molecular formula is C60H38N2O. The molecule has 63 heavy (non-hydrogen) atoms. The van der Waals surface area contributed by atoms with Crippen molar-refractivity contribution in [2.75, 3.05) is 4.90 Å². The second kappa shape index (κ2) is 14.1. The van der Waals surface area contributed by atoms with Gasteiger partial charge in [-0.05, 0) is 116 Å².